The molecule has 0 amide bonds. The van der Waals surface area contributed by atoms with Gasteiger partial charge in [0.15, 0.2) is 0 Å². The molecule has 0 saturated heterocycles. The maximum absolute atomic E-state index is 7.51. The van der Waals surface area contributed by atoms with Gasteiger partial charge in [-0.25, -0.2) is 0 Å². The highest BCUT2D eigenvalue weighted by molar-refractivity contribution is 6.99. The Morgan fingerprint density at radius 1 is 0.350 bits per heavy atom. The molecule has 0 fully saturated rings. The van der Waals surface area contributed by atoms with Crippen molar-refractivity contribution in [3.63, 3.8) is 0 Å². The lowest BCUT2D eigenvalue weighted by Crippen LogP contribution is -2.59. The van der Waals surface area contributed by atoms with E-state index >= 15 is 0 Å². The SMILES string of the molecule is CC(C)(C)c1cc(-c2ccccc2)c(N2c3cc(-c4c5ccccc5c(-c5ccccc5)c5ccccc45)ccc3B3c4ccc(-n5c6ccccc6c6ccccc65)cc4Oc4cc(C(C)(C)C)cc2c43)c(-c2ccccc2)c1. The second-order valence-corrected chi connectivity index (χ2v) is 24.0. The van der Waals surface area contributed by atoms with Crippen LogP contribution in [0.5, 0.6) is 11.5 Å². The van der Waals surface area contributed by atoms with Crippen molar-refractivity contribution in [3.05, 3.63) is 260 Å². The molecule has 0 spiro atoms. The Morgan fingerprint density at radius 2 is 0.800 bits per heavy atom. The lowest BCUT2D eigenvalue weighted by molar-refractivity contribution is 0.483. The summed E-state index contributed by atoms with van der Waals surface area (Å²) in [5.74, 6) is 1.77. The van der Waals surface area contributed by atoms with Crippen LogP contribution in [-0.2, 0) is 10.8 Å². The number of rotatable bonds is 6. The molecule has 382 valence electrons. The number of hydrogen-bond donors (Lipinski definition) is 0. The van der Waals surface area contributed by atoms with Crippen LogP contribution in [0.15, 0.2) is 249 Å². The van der Waals surface area contributed by atoms with E-state index in [0.717, 1.165) is 39.7 Å². The van der Waals surface area contributed by atoms with Gasteiger partial charge in [0.1, 0.15) is 11.5 Å². The molecule has 0 saturated carbocycles. The molecule has 4 heteroatoms. The molecule has 13 aromatic rings. The average Bonchev–Trinajstić information content (AvgIpc) is 3.92. The highest BCUT2D eigenvalue weighted by Gasteiger charge is 2.44. The first-order valence-corrected chi connectivity index (χ1v) is 28.2. The fourth-order valence-corrected chi connectivity index (χ4v) is 13.2. The van der Waals surface area contributed by atoms with Crippen LogP contribution in [-0.4, -0.2) is 11.3 Å². The molecule has 12 aromatic carbocycles. The minimum atomic E-state index is -0.220. The lowest BCUT2D eigenvalue weighted by atomic mass is 9.34. The quantitative estimate of drug-likeness (QED) is 0.122. The third kappa shape index (κ3) is 7.50. The predicted octanol–water partition coefficient (Wildman–Crippen LogP) is 18.8. The Morgan fingerprint density at radius 3 is 1.32 bits per heavy atom. The largest absolute Gasteiger partial charge is 0.458 e. The maximum atomic E-state index is 7.51. The molecule has 0 unspecified atom stereocenters. The second kappa shape index (κ2) is 18.1. The van der Waals surface area contributed by atoms with Gasteiger partial charge in [-0.15, -0.1) is 0 Å². The van der Waals surface area contributed by atoms with Gasteiger partial charge in [0.2, 0.25) is 0 Å². The van der Waals surface area contributed by atoms with Gasteiger partial charge >= 0.3 is 0 Å². The van der Waals surface area contributed by atoms with Crippen LogP contribution in [0.2, 0.25) is 0 Å². The molecule has 80 heavy (non-hydrogen) atoms. The smallest absolute Gasteiger partial charge is 0.256 e. The van der Waals surface area contributed by atoms with Crippen molar-refractivity contribution in [1.82, 2.24) is 4.57 Å². The Kier molecular flexibility index (Phi) is 10.8. The number of anilines is 3. The van der Waals surface area contributed by atoms with Crippen molar-refractivity contribution in [3.8, 4) is 61.7 Å². The van der Waals surface area contributed by atoms with Crippen LogP contribution in [0, 0.1) is 0 Å². The van der Waals surface area contributed by atoms with Crippen molar-refractivity contribution in [2.45, 2.75) is 52.4 Å². The lowest BCUT2D eigenvalue weighted by Gasteiger charge is -2.43. The van der Waals surface area contributed by atoms with Gasteiger partial charge in [0.05, 0.1) is 16.7 Å². The molecular weight excluding hydrogens is 968 g/mol. The second-order valence-electron chi connectivity index (χ2n) is 24.0. The molecule has 0 radical (unpaired) electrons. The zero-order valence-electron chi connectivity index (χ0n) is 46.1. The van der Waals surface area contributed by atoms with E-state index in [9.17, 15) is 0 Å². The summed E-state index contributed by atoms with van der Waals surface area (Å²) in [6.07, 6.45) is 0. The zero-order valence-corrected chi connectivity index (χ0v) is 46.1. The minimum Gasteiger partial charge on any atom is -0.458 e. The third-order valence-corrected chi connectivity index (χ3v) is 17.1. The van der Waals surface area contributed by atoms with Crippen molar-refractivity contribution in [2.24, 2.45) is 0 Å². The van der Waals surface area contributed by atoms with Crippen LogP contribution in [0.1, 0.15) is 52.7 Å². The van der Waals surface area contributed by atoms with Gasteiger partial charge < -0.3 is 14.2 Å². The Bertz CT molecular complexity index is 4470. The van der Waals surface area contributed by atoms with Gasteiger partial charge in [-0.05, 0) is 142 Å². The zero-order chi connectivity index (χ0) is 54.0. The number of nitrogens with zero attached hydrogens (tertiary/aromatic N) is 2. The standard InChI is InChI=1S/C76H59BN2O/c1-75(2,3)52-43-61(48-24-10-7-11-25-48)74(62(44-52)49-26-12-8-13-27-49)79-67-42-51(72-59-34-18-16-32-57(59)71(50-28-14-9-15-29-50)58-33-17-19-35-60(58)72)38-40-63(67)77-64-41-39-54(78-65-36-22-20-30-55(65)56-31-21-23-37-66(56)78)47-69(64)80-70-46-53(76(4,5)6)45-68(79)73(70)77/h7-47H,1-6H3. The van der Waals surface area contributed by atoms with Crippen molar-refractivity contribution in [2.75, 3.05) is 4.90 Å². The number of aromatic nitrogens is 1. The van der Waals surface area contributed by atoms with Crippen LogP contribution in [0.4, 0.5) is 17.1 Å². The van der Waals surface area contributed by atoms with Crippen molar-refractivity contribution in [1.29, 1.82) is 0 Å². The fourth-order valence-electron chi connectivity index (χ4n) is 13.2. The van der Waals surface area contributed by atoms with E-state index in [4.69, 9.17) is 4.74 Å². The van der Waals surface area contributed by atoms with E-state index < -0.39 is 0 Å². The van der Waals surface area contributed by atoms with Gasteiger partial charge in [0, 0.05) is 45.0 Å². The Balaban J connectivity index is 1.07. The van der Waals surface area contributed by atoms with Gasteiger partial charge in [0.25, 0.3) is 6.71 Å². The normalized spacial score (nSPS) is 12.9. The van der Waals surface area contributed by atoms with Gasteiger partial charge in [-0.1, -0.05) is 236 Å². The summed E-state index contributed by atoms with van der Waals surface area (Å²) in [4.78, 5) is 2.64. The Hall–Kier alpha value is -9.38. The molecule has 15 rings (SSSR count). The first kappa shape index (κ1) is 47.8. The molecule has 3 nitrogen and oxygen atoms in total. The average molecular weight is 1030 g/mol. The van der Waals surface area contributed by atoms with Crippen LogP contribution < -0.4 is 26.0 Å². The molecule has 0 N–H and O–H groups in total. The Labute approximate surface area is 469 Å². The van der Waals surface area contributed by atoms with Crippen LogP contribution >= 0.6 is 0 Å². The fraction of sp³-hybridized carbons (Fsp3) is 0.105. The minimum absolute atomic E-state index is 0.140. The third-order valence-electron chi connectivity index (χ3n) is 17.1. The summed E-state index contributed by atoms with van der Waals surface area (Å²) in [5, 5.41) is 7.39. The number of benzene rings is 12. The summed E-state index contributed by atoms with van der Waals surface area (Å²) in [6.45, 7) is 13.8. The van der Waals surface area contributed by atoms with E-state index in [0.29, 0.717) is 0 Å². The number of para-hydroxylation sites is 2. The predicted molar refractivity (Wildman–Crippen MR) is 341 cm³/mol. The summed E-state index contributed by atoms with van der Waals surface area (Å²) in [5.41, 5.74) is 22.1. The van der Waals surface area contributed by atoms with E-state index in [2.05, 4.69) is 300 Å². The molecule has 2 aliphatic heterocycles. The van der Waals surface area contributed by atoms with E-state index in [1.54, 1.807) is 0 Å². The summed E-state index contributed by atoms with van der Waals surface area (Å²) < 4.78 is 9.91. The van der Waals surface area contributed by atoms with Gasteiger partial charge in [-0.3, -0.25) is 0 Å². The summed E-state index contributed by atoms with van der Waals surface area (Å²) in [6, 6.07) is 92.7. The first-order valence-electron chi connectivity index (χ1n) is 28.2. The van der Waals surface area contributed by atoms with E-state index in [1.165, 1.54) is 110 Å². The van der Waals surface area contributed by atoms with Crippen molar-refractivity contribution < 1.29 is 4.74 Å². The topological polar surface area (TPSA) is 17.4 Å². The molecule has 0 aliphatic carbocycles. The monoisotopic (exact) mass is 1030 g/mol. The highest BCUT2D eigenvalue weighted by Crippen LogP contribution is 2.53. The maximum Gasteiger partial charge on any atom is 0.256 e. The molecule has 1 aromatic heterocycles. The van der Waals surface area contributed by atoms with Gasteiger partial charge in [-0.2, -0.15) is 0 Å². The number of hydrogen-bond acceptors (Lipinski definition) is 2. The molecule has 2 aliphatic rings. The summed E-state index contributed by atoms with van der Waals surface area (Å²) >= 11 is 0. The number of fused-ring (bicyclic) bond motifs is 9. The van der Waals surface area contributed by atoms with Crippen molar-refractivity contribution >= 4 is 83.5 Å². The molecule has 0 bridgehead atoms. The highest BCUT2D eigenvalue weighted by atomic mass is 16.5. The molecular formula is C76H59BN2O. The van der Waals surface area contributed by atoms with E-state index in [1.807, 2.05) is 0 Å². The molecule has 3 heterocycles. The first-order chi connectivity index (χ1) is 39.0. The van der Waals surface area contributed by atoms with Crippen LogP contribution in [0.25, 0.3) is 93.5 Å². The number of ether oxygens (including phenoxy) is 1. The van der Waals surface area contributed by atoms with E-state index in [-0.39, 0.29) is 17.5 Å². The summed E-state index contributed by atoms with van der Waals surface area (Å²) in [7, 11) is 0. The van der Waals surface area contributed by atoms with Crippen LogP contribution in [0.3, 0.4) is 0 Å². The molecule has 0 atom stereocenters.